The van der Waals surface area contributed by atoms with Gasteiger partial charge in [-0.05, 0) is 24.0 Å². The van der Waals surface area contributed by atoms with Crippen LogP contribution in [0.3, 0.4) is 0 Å². The number of aliphatic hydroxyl groups excluding tert-OH is 1. The van der Waals surface area contributed by atoms with Crippen molar-refractivity contribution < 1.29 is 10.2 Å². The molecule has 0 spiro atoms. The fraction of sp³-hybridized carbons (Fsp3) is 0.400. The van der Waals surface area contributed by atoms with Gasteiger partial charge in [-0.25, -0.2) is 0 Å². The highest BCUT2D eigenvalue weighted by molar-refractivity contribution is 5.24. The van der Waals surface area contributed by atoms with Gasteiger partial charge in [0.15, 0.2) is 0 Å². The van der Waals surface area contributed by atoms with E-state index in [1.165, 1.54) is 6.42 Å². The Hall–Kier alpha value is -1.68. The molecule has 0 bridgehead atoms. The van der Waals surface area contributed by atoms with Crippen LogP contribution in [0.25, 0.3) is 0 Å². The number of rotatable bonds is 5. The maximum atomic E-state index is 11.5. The van der Waals surface area contributed by atoms with Gasteiger partial charge in [0.25, 0.3) is 0 Å². The Morgan fingerprint density at radius 2 is 1.43 bits per heavy atom. The minimum Gasteiger partial charge on any atom is -0.388 e. The van der Waals surface area contributed by atoms with Gasteiger partial charge in [-0.1, -0.05) is 67.1 Å². The maximum absolute atomic E-state index is 11.5. The lowest BCUT2D eigenvalue weighted by molar-refractivity contribution is -0.148. The monoisotopic (exact) mass is 311 g/mol. The molecule has 0 saturated carbocycles. The second kappa shape index (κ2) is 7.26. The number of aliphatic hydroxyl groups is 2. The van der Waals surface area contributed by atoms with E-state index < -0.39 is 11.8 Å². The number of hydrogen-bond acceptors (Lipinski definition) is 3. The van der Waals surface area contributed by atoms with Gasteiger partial charge < -0.3 is 10.2 Å². The molecule has 1 heterocycles. The van der Waals surface area contributed by atoms with Crippen LogP contribution in [0.2, 0.25) is 0 Å². The normalized spacial score (nSPS) is 19.9. The third kappa shape index (κ3) is 3.63. The van der Waals surface area contributed by atoms with Gasteiger partial charge in [0.05, 0.1) is 6.10 Å². The Balaban J connectivity index is 1.89. The van der Waals surface area contributed by atoms with Crippen LogP contribution >= 0.6 is 0 Å². The highest BCUT2D eigenvalue weighted by atomic mass is 16.3. The van der Waals surface area contributed by atoms with E-state index in [0.29, 0.717) is 0 Å². The lowest BCUT2D eigenvalue weighted by Gasteiger charge is -2.43. The largest absolute Gasteiger partial charge is 0.388 e. The van der Waals surface area contributed by atoms with Crippen molar-refractivity contribution in [3.63, 3.8) is 0 Å². The van der Waals surface area contributed by atoms with Gasteiger partial charge in [0.2, 0.25) is 0 Å². The fourth-order valence-electron chi connectivity index (χ4n) is 3.46. The van der Waals surface area contributed by atoms with Crippen LogP contribution in [-0.4, -0.2) is 28.2 Å². The molecule has 3 nitrogen and oxygen atoms in total. The van der Waals surface area contributed by atoms with Gasteiger partial charge in [-0.3, -0.25) is 4.90 Å². The first kappa shape index (κ1) is 16.2. The summed E-state index contributed by atoms with van der Waals surface area (Å²) < 4.78 is 0. The molecule has 2 atom stereocenters. The van der Waals surface area contributed by atoms with Gasteiger partial charge >= 0.3 is 0 Å². The number of likely N-dealkylation sites (tertiary alicyclic amines) is 1. The summed E-state index contributed by atoms with van der Waals surface area (Å²) in [5, 5.41) is 22.2. The highest BCUT2D eigenvalue weighted by Crippen LogP contribution is 2.36. The first-order valence-electron chi connectivity index (χ1n) is 8.46. The summed E-state index contributed by atoms with van der Waals surface area (Å²) in [7, 11) is 0. The first-order chi connectivity index (χ1) is 11.2. The molecule has 3 heteroatoms. The van der Waals surface area contributed by atoms with Crippen molar-refractivity contribution in [2.24, 2.45) is 0 Å². The molecule has 23 heavy (non-hydrogen) atoms. The molecule has 1 aliphatic heterocycles. The zero-order valence-corrected chi connectivity index (χ0v) is 13.4. The van der Waals surface area contributed by atoms with E-state index in [4.69, 9.17) is 0 Å². The third-order valence-corrected chi connectivity index (χ3v) is 4.78. The van der Waals surface area contributed by atoms with Crippen LogP contribution in [0.5, 0.6) is 0 Å². The summed E-state index contributed by atoms with van der Waals surface area (Å²) in [5.74, 6) is 0. The van der Waals surface area contributed by atoms with Crippen LogP contribution in [-0.2, 0) is 5.72 Å². The van der Waals surface area contributed by atoms with E-state index >= 15 is 0 Å². The molecular weight excluding hydrogens is 286 g/mol. The van der Waals surface area contributed by atoms with Crippen molar-refractivity contribution >= 4 is 0 Å². The summed E-state index contributed by atoms with van der Waals surface area (Å²) in [6.45, 7) is 1.74. The minimum absolute atomic E-state index is 0.279. The second-order valence-electron chi connectivity index (χ2n) is 6.36. The van der Waals surface area contributed by atoms with E-state index in [-0.39, 0.29) is 6.42 Å². The summed E-state index contributed by atoms with van der Waals surface area (Å²) >= 11 is 0. The van der Waals surface area contributed by atoms with Crippen molar-refractivity contribution in [3.8, 4) is 0 Å². The van der Waals surface area contributed by atoms with Crippen molar-refractivity contribution in [1.82, 2.24) is 4.90 Å². The van der Waals surface area contributed by atoms with Crippen LogP contribution in [0.4, 0.5) is 0 Å². The van der Waals surface area contributed by atoms with E-state index in [1.807, 2.05) is 60.7 Å². The molecule has 0 amide bonds. The van der Waals surface area contributed by atoms with E-state index in [1.54, 1.807) is 0 Å². The molecule has 2 aromatic rings. The summed E-state index contributed by atoms with van der Waals surface area (Å²) in [5.41, 5.74) is 0.576. The smallest absolute Gasteiger partial charge is 0.147 e. The van der Waals surface area contributed by atoms with Gasteiger partial charge in [-0.2, -0.15) is 0 Å². The molecule has 2 N–H and O–H groups in total. The predicted octanol–water partition coefficient (Wildman–Crippen LogP) is 3.44. The first-order valence-corrected chi connectivity index (χ1v) is 8.46. The maximum Gasteiger partial charge on any atom is 0.147 e. The van der Waals surface area contributed by atoms with Crippen LogP contribution in [0, 0.1) is 0 Å². The molecule has 2 unspecified atom stereocenters. The lowest BCUT2D eigenvalue weighted by Crippen LogP contribution is -2.49. The Morgan fingerprint density at radius 3 is 2.04 bits per heavy atom. The standard InChI is InChI=1S/C20H25NO2/c22-19(17-10-4-1-5-11-17)16-20(23,18-12-6-2-7-13-18)21-14-8-3-9-15-21/h1-2,4-7,10-13,19,22-23H,3,8-9,14-16H2. The fourth-order valence-corrected chi connectivity index (χ4v) is 3.46. The predicted molar refractivity (Wildman–Crippen MR) is 91.8 cm³/mol. The van der Waals surface area contributed by atoms with Crippen molar-refractivity contribution in [2.45, 2.75) is 37.5 Å². The molecule has 1 saturated heterocycles. The lowest BCUT2D eigenvalue weighted by atomic mass is 9.90. The zero-order valence-electron chi connectivity index (χ0n) is 13.4. The highest BCUT2D eigenvalue weighted by Gasteiger charge is 2.38. The molecule has 122 valence electrons. The molecule has 0 radical (unpaired) electrons. The zero-order chi connectivity index (χ0) is 16.1. The molecule has 1 aliphatic rings. The summed E-state index contributed by atoms with van der Waals surface area (Å²) in [6, 6.07) is 19.3. The number of piperidine rings is 1. The average molecular weight is 311 g/mol. The molecule has 3 rings (SSSR count). The molecule has 1 fully saturated rings. The quantitative estimate of drug-likeness (QED) is 0.889. The molecule has 0 aromatic heterocycles. The molecular formula is C20H25NO2. The van der Waals surface area contributed by atoms with Crippen molar-refractivity contribution in [1.29, 1.82) is 0 Å². The van der Waals surface area contributed by atoms with E-state index in [0.717, 1.165) is 37.1 Å². The SMILES string of the molecule is OC(CC(O)(c1ccccc1)N1CCCCC1)c1ccccc1. The molecule has 2 aromatic carbocycles. The topological polar surface area (TPSA) is 43.7 Å². The van der Waals surface area contributed by atoms with E-state index in [2.05, 4.69) is 4.90 Å². The second-order valence-corrected chi connectivity index (χ2v) is 6.36. The summed E-state index contributed by atoms with van der Waals surface area (Å²) in [6.07, 6.45) is 2.99. The summed E-state index contributed by atoms with van der Waals surface area (Å²) in [4.78, 5) is 2.12. The van der Waals surface area contributed by atoms with E-state index in [9.17, 15) is 10.2 Å². The van der Waals surface area contributed by atoms with Crippen molar-refractivity contribution in [3.05, 3.63) is 71.8 Å². The number of benzene rings is 2. The Morgan fingerprint density at radius 1 is 0.870 bits per heavy atom. The van der Waals surface area contributed by atoms with Gasteiger partial charge in [0, 0.05) is 19.5 Å². The third-order valence-electron chi connectivity index (χ3n) is 4.78. The number of nitrogens with zero attached hydrogens (tertiary/aromatic N) is 1. The Bertz CT molecular complexity index is 596. The average Bonchev–Trinajstić information content (AvgIpc) is 2.64. The molecule has 0 aliphatic carbocycles. The van der Waals surface area contributed by atoms with Crippen LogP contribution in [0.15, 0.2) is 60.7 Å². The number of hydrogen-bond donors (Lipinski definition) is 2. The van der Waals surface area contributed by atoms with Crippen molar-refractivity contribution in [2.75, 3.05) is 13.1 Å². The van der Waals surface area contributed by atoms with Crippen LogP contribution < -0.4 is 0 Å². The van der Waals surface area contributed by atoms with Crippen LogP contribution in [0.1, 0.15) is 42.9 Å². The Labute approximate surface area is 138 Å². The van der Waals surface area contributed by atoms with Gasteiger partial charge in [0.1, 0.15) is 5.72 Å². The minimum atomic E-state index is -1.13. The Kier molecular flexibility index (Phi) is 5.11. The van der Waals surface area contributed by atoms with Gasteiger partial charge in [-0.15, -0.1) is 0 Å².